The van der Waals surface area contributed by atoms with E-state index in [4.69, 9.17) is 4.98 Å². The van der Waals surface area contributed by atoms with E-state index < -0.39 is 0 Å². The van der Waals surface area contributed by atoms with Crippen molar-refractivity contribution in [3.63, 3.8) is 0 Å². The first-order valence-electron chi connectivity index (χ1n) is 6.27. The lowest BCUT2D eigenvalue weighted by Crippen LogP contribution is -2.40. The number of hydrogen-bond donors (Lipinski definition) is 1. The van der Waals surface area contributed by atoms with Crippen LogP contribution in [0.25, 0.3) is 0 Å². The molecule has 2 aliphatic rings. The fraction of sp³-hybridized carbons (Fsp3) is 0.750. The zero-order chi connectivity index (χ0) is 11.0. The van der Waals surface area contributed by atoms with Gasteiger partial charge in [0, 0.05) is 18.5 Å². The van der Waals surface area contributed by atoms with Crippen molar-refractivity contribution in [2.45, 2.75) is 19.8 Å². The predicted molar refractivity (Wildman–Crippen MR) is 68.2 cm³/mol. The zero-order valence-corrected chi connectivity index (χ0v) is 10.6. The molecule has 0 aliphatic carbocycles. The molecule has 2 atom stereocenters. The molecule has 1 aromatic rings. The topological polar surface area (TPSA) is 28.2 Å². The Morgan fingerprint density at radius 1 is 1.50 bits per heavy atom. The van der Waals surface area contributed by atoms with Crippen LogP contribution in [0.15, 0.2) is 5.38 Å². The summed E-state index contributed by atoms with van der Waals surface area (Å²) in [7, 11) is 0. The van der Waals surface area contributed by atoms with Gasteiger partial charge in [-0.3, -0.25) is 0 Å². The van der Waals surface area contributed by atoms with Crippen molar-refractivity contribution in [2.75, 3.05) is 31.1 Å². The van der Waals surface area contributed by atoms with Crippen molar-refractivity contribution in [3.8, 4) is 0 Å². The number of aryl methyl sites for hydroxylation is 1. The van der Waals surface area contributed by atoms with E-state index in [1.807, 2.05) is 11.3 Å². The van der Waals surface area contributed by atoms with Gasteiger partial charge in [0.15, 0.2) is 5.13 Å². The van der Waals surface area contributed by atoms with Crippen LogP contribution in [0.2, 0.25) is 0 Å². The highest BCUT2D eigenvalue weighted by Crippen LogP contribution is 2.31. The number of nitrogens with one attached hydrogen (secondary N) is 1. The summed E-state index contributed by atoms with van der Waals surface area (Å²) >= 11 is 1.81. The molecule has 2 saturated heterocycles. The quantitative estimate of drug-likeness (QED) is 0.849. The number of hydrogen-bond acceptors (Lipinski definition) is 4. The summed E-state index contributed by atoms with van der Waals surface area (Å²) < 4.78 is 0. The van der Waals surface area contributed by atoms with Gasteiger partial charge in [0.2, 0.25) is 0 Å². The molecule has 0 saturated carbocycles. The van der Waals surface area contributed by atoms with Crippen molar-refractivity contribution in [2.24, 2.45) is 11.8 Å². The van der Waals surface area contributed by atoms with Gasteiger partial charge in [0.1, 0.15) is 0 Å². The normalized spacial score (nSPS) is 29.4. The van der Waals surface area contributed by atoms with E-state index in [0.29, 0.717) is 0 Å². The Balaban J connectivity index is 1.71. The Bertz CT molecular complexity index is 363. The largest absolute Gasteiger partial charge is 0.348 e. The molecule has 0 radical (unpaired) electrons. The number of fused-ring (bicyclic) bond motifs is 1. The maximum atomic E-state index is 4.69. The average Bonchev–Trinajstić information content (AvgIpc) is 2.96. The molecule has 0 aromatic carbocycles. The third kappa shape index (κ3) is 1.84. The monoisotopic (exact) mass is 237 g/mol. The highest BCUT2D eigenvalue weighted by molar-refractivity contribution is 7.13. The second-order valence-corrected chi connectivity index (χ2v) is 5.72. The van der Waals surface area contributed by atoms with Gasteiger partial charge in [-0.1, -0.05) is 6.92 Å². The Kier molecular flexibility index (Phi) is 2.86. The van der Waals surface area contributed by atoms with Crippen molar-refractivity contribution in [1.82, 2.24) is 10.3 Å². The minimum absolute atomic E-state index is 0.850. The molecule has 16 heavy (non-hydrogen) atoms. The van der Waals surface area contributed by atoms with Gasteiger partial charge in [-0.05, 0) is 37.8 Å². The van der Waals surface area contributed by atoms with Crippen molar-refractivity contribution in [1.29, 1.82) is 0 Å². The number of piperidine rings is 1. The molecule has 88 valence electrons. The van der Waals surface area contributed by atoms with E-state index in [0.717, 1.165) is 18.3 Å². The van der Waals surface area contributed by atoms with Crippen LogP contribution in [0, 0.1) is 11.8 Å². The average molecular weight is 237 g/mol. The van der Waals surface area contributed by atoms with Gasteiger partial charge in [0.05, 0.1) is 5.69 Å². The minimum Gasteiger partial charge on any atom is -0.348 e. The molecule has 3 heterocycles. The number of thiazole rings is 1. The summed E-state index contributed by atoms with van der Waals surface area (Å²) in [5.74, 6) is 1.77. The fourth-order valence-electron chi connectivity index (χ4n) is 2.81. The van der Waals surface area contributed by atoms with Crippen molar-refractivity contribution in [3.05, 3.63) is 11.1 Å². The molecular weight excluding hydrogens is 218 g/mol. The van der Waals surface area contributed by atoms with Gasteiger partial charge < -0.3 is 10.2 Å². The number of nitrogens with zero attached hydrogens (tertiary/aromatic N) is 2. The maximum Gasteiger partial charge on any atom is 0.185 e. The molecule has 0 amide bonds. The van der Waals surface area contributed by atoms with Crippen LogP contribution < -0.4 is 10.2 Å². The lowest BCUT2D eigenvalue weighted by Gasteiger charge is -2.34. The zero-order valence-electron chi connectivity index (χ0n) is 9.78. The summed E-state index contributed by atoms with van der Waals surface area (Å²) in [5.41, 5.74) is 1.24. The van der Waals surface area contributed by atoms with Crippen molar-refractivity contribution >= 4 is 16.5 Å². The van der Waals surface area contributed by atoms with Crippen LogP contribution in [0.3, 0.4) is 0 Å². The third-order valence-corrected chi connectivity index (χ3v) is 4.83. The van der Waals surface area contributed by atoms with E-state index >= 15 is 0 Å². The molecule has 2 fully saturated rings. The Labute approximate surface area is 101 Å². The summed E-state index contributed by atoms with van der Waals surface area (Å²) in [6.07, 6.45) is 2.39. The molecule has 1 aromatic heterocycles. The Morgan fingerprint density at radius 3 is 3.19 bits per heavy atom. The van der Waals surface area contributed by atoms with Gasteiger partial charge in [-0.2, -0.15) is 0 Å². The van der Waals surface area contributed by atoms with Gasteiger partial charge in [-0.15, -0.1) is 11.3 Å². The predicted octanol–water partition coefficient (Wildman–Crippen LogP) is 1.75. The highest BCUT2D eigenvalue weighted by atomic mass is 32.1. The Morgan fingerprint density at radius 2 is 2.38 bits per heavy atom. The smallest absolute Gasteiger partial charge is 0.185 e. The summed E-state index contributed by atoms with van der Waals surface area (Å²) in [6, 6.07) is 0. The second-order valence-electron chi connectivity index (χ2n) is 4.89. The third-order valence-electron chi connectivity index (χ3n) is 3.88. The van der Waals surface area contributed by atoms with Crippen LogP contribution in [-0.4, -0.2) is 31.2 Å². The van der Waals surface area contributed by atoms with E-state index in [1.165, 1.54) is 43.4 Å². The Hall–Kier alpha value is -0.610. The molecule has 0 bridgehead atoms. The first kappa shape index (κ1) is 10.5. The van der Waals surface area contributed by atoms with Gasteiger partial charge >= 0.3 is 0 Å². The molecule has 1 N–H and O–H groups in total. The SMILES string of the molecule is CCc1csc(N2CCC3CNCC3C2)n1. The van der Waals surface area contributed by atoms with Crippen LogP contribution >= 0.6 is 11.3 Å². The van der Waals surface area contributed by atoms with Crippen LogP contribution in [0.5, 0.6) is 0 Å². The molecule has 0 spiro atoms. The molecule has 3 rings (SSSR count). The van der Waals surface area contributed by atoms with Crippen LogP contribution in [0.1, 0.15) is 19.0 Å². The number of anilines is 1. The van der Waals surface area contributed by atoms with E-state index in [-0.39, 0.29) is 0 Å². The lowest BCUT2D eigenvalue weighted by atomic mass is 9.89. The highest BCUT2D eigenvalue weighted by Gasteiger charge is 2.33. The van der Waals surface area contributed by atoms with Gasteiger partial charge in [-0.25, -0.2) is 4.98 Å². The minimum atomic E-state index is 0.850. The summed E-state index contributed by atoms with van der Waals surface area (Å²) in [6.45, 7) is 7.00. The first-order valence-corrected chi connectivity index (χ1v) is 7.15. The lowest BCUT2D eigenvalue weighted by molar-refractivity contribution is 0.348. The molecular formula is C12H19N3S. The van der Waals surface area contributed by atoms with Crippen molar-refractivity contribution < 1.29 is 0 Å². The summed E-state index contributed by atoms with van der Waals surface area (Å²) in [5, 5.41) is 6.95. The standard InChI is InChI=1S/C12H19N3S/c1-2-11-8-16-12(14-11)15-4-3-9-5-13-6-10(9)7-15/h8-10,13H,2-7H2,1H3. The molecule has 3 nitrogen and oxygen atoms in total. The van der Waals surface area contributed by atoms with E-state index in [1.54, 1.807) is 0 Å². The fourth-order valence-corrected chi connectivity index (χ4v) is 3.76. The van der Waals surface area contributed by atoms with E-state index in [2.05, 4.69) is 22.5 Å². The molecule has 2 unspecified atom stereocenters. The molecule has 4 heteroatoms. The summed E-state index contributed by atoms with van der Waals surface area (Å²) in [4.78, 5) is 7.17. The first-order chi connectivity index (χ1) is 7.86. The second kappa shape index (κ2) is 4.34. The molecule has 2 aliphatic heterocycles. The van der Waals surface area contributed by atoms with Crippen LogP contribution in [-0.2, 0) is 6.42 Å². The maximum absolute atomic E-state index is 4.69. The van der Waals surface area contributed by atoms with E-state index in [9.17, 15) is 0 Å². The number of rotatable bonds is 2. The van der Waals surface area contributed by atoms with Gasteiger partial charge in [0.25, 0.3) is 0 Å². The number of aromatic nitrogens is 1. The van der Waals surface area contributed by atoms with Crippen LogP contribution in [0.4, 0.5) is 5.13 Å².